The first-order valence-corrected chi connectivity index (χ1v) is 1.75. The third-order valence-electron chi connectivity index (χ3n) is 0.221. The van der Waals surface area contributed by atoms with Gasteiger partial charge in [0.05, 0.1) is 0 Å². The van der Waals surface area contributed by atoms with Gasteiger partial charge in [-0.2, -0.15) is 0 Å². The first-order valence-electron chi connectivity index (χ1n) is 1.37. The molecular weight excluding hydrogens is 101 g/mol. The van der Waals surface area contributed by atoms with Crippen LogP contribution >= 0.6 is 11.6 Å². The van der Waals surface area contributed by atoms with Crippen molar-refractivity contribution in [2.45, 2.75) is 0 Å². The summed E-state index contributed by atoms with van der Waals surface area (Å²) in [6, 6.07) is 0. The lowest BCUT2D eigenvalue weighted by atomic mass is 10.7. The van der Waals surface area contributed by atoms with Crippen LogP contribution in [0.4, 0.5) is 0 Å². The normalized spacial score (nSPS) is 8.33. The number of hydrogen-bond donors (Lipinski definition) is 0. The molecule has 0 N–H and O–H groups in total. The molecule has 0 aromatic rings. The molecule has 3 heteroatoms. The molecule has 0 aliphatic rings. The fraction of sp³-hybridized carbons (Fsp3) is 0.333. The van der Waals surface area contributed by atoms with Gasteiger partial charge in [0.25, 0.3) is 0 Å². The van der Waals surface area contributed by atoms with E-state index in [0.717, 1.165) is 0 Å². The summed E-state index contributed by atoms with van der Waals surface area (Å²) in [6.07, 6.45) is 0. The van der Waals surface area contributed by atoms with E-state index in [0.29, 0.717) is 0 Å². The van der Waals surface area contributed by atoms with Gasteiger partial charge in [-0.15, -0.1) is 0 Å². The van der Waals surface area contributed by atoms with Crippen molar-refractivity contribution in [3.8, 4) is 0 Å². The van der Waals surface area contributed by atoms with Crippen LogP contribution in [0.1, 0.15) is 0 Å². The fourth-order valence-electron chi connectivity index (χ4n) is 0.0700. The van der Waals surface area contributed by atoms with Crippen molar-refractivity contribution < 1.29 is 4.84 Å². The minimum Gasteiger partial charge on any atom is -0.258 e. The predicted octanol–water partition coefficient (Wildman–Crippen LogP) is 0.739. The van der Waals surface area contributed by atoms with E-state index in [1.807, 2.05) is 0 Å². The van der Waals surface area contributed by atoms with Gasteiger partial charge in [-0.05, 0) is 0 Å². The average Bonchev–Trinajstić information content (AvgIpc) is 1.35. The number of hydrogen-bond acceptors (Lipinski definition) is 1. The summed E-state index contributed by atoms with van der Waals surface area (Å²) >= 11 is 5.10. The molecular formula is C3H4ClNO. The maximum Gasteiger partial charge on any atom is 0.107 e. The molecule has 2 nitrogen and oxygen atoms in total. The van der Waals surface area contributed by atoms with Crippen molar-refractivity contribution in [3.63, 3.8) is 0 Å². The summed E-state index contributed by atoms with van der Waals surface area (Å²) in [6.45, 7) is 3.23. The third-order valence-corrected chi connectivity index (χ3v) is 0.330. The summed E-state index contributed by atoms with van der Waals surface area (Å²) in [5.41, 5.74) is 0. The maximum absolute atomic E-state index is 7.59. The molecule has 0 unspecified atom stereocenters. The second-order valence-corrected chi connectivity index (χ2v) is 1.33. The second kappa shape index (κ2) is 3.15. The zero-order valence-electron chi connectivity index (χ0n) is 3.15. The lowest BCUT2D eigenvalue weighted by Crippen LogP contribution is -1.86. The van der Waals surface area contributed by atoms with Crippen molar-refractivity contribution in [1.82, 2.24) is 5.90 Å². The van der Waals surface area contributed by atoms with E-state index in [4.69, 9.17) is 17.5 Å². The summed E-state index contributed by atoms with van der Waals surface area (Å²) < 4.78 is 0. The topological polar surface area (TPSA) is 31.5 Å². The molecule has 2 radical (unpaired) electrons. The molecule has 0 aliphatic heterocycles. The van der Waals surface area contributed by atoms with E-state index in [1.165, 1.54) is 0 Å². The van der Waals surface area contributed by atoms with Gasteiger partial charge < -0.3 is 0 Å². The fourth-order valence-corrected chi connectivity index (χ4v) is 0.119. The van der Waals surface area contributed by atoms with Gasteiger partial charge in [-0.25, -0.2) is 0 Å². The van der Waals surface area contributed by atoms with Gasteiger partial charge in [-0.3, -0.25) is 4.84 Å². The molecule has 0 aromatic heterocycles. The summed E-state index contributed by atoms with van der Waals surface area (Å²) in [4.78, 5) is 3.57. The number of rotatable bonds is 2. The van der Waals surface area contributed by atoms with Gasteiger partial charge in [0.2, 0.25) is 0 Å². The Morgan fingerprint density at radius 3 is 2.50 bits per heavy atom. The molecule has 0 saturated heterocycles. The van der Waals surface area contributed by atoms with E-state index in [2.05, 4.69) is 11.4 Å². The zero-order chi connectivity index (χ0) is 4.99. The Morgan fingerprint density at radius 2 is 2.50 bits per heavy atom. The molecule has 0 fully saturated rings. The van der Waals surface area contributed by atoms with E-state index in [1.54, 1.807) is 0 Å². The molecule has 34 valence electrons. The lowest BCUT2D eigenvalue weighted by Gasteiger charge is -1.83. The number of halogens is 1. The van der Waals surface area contributed by atoms with E-state index in [9.17, 15) is 0 Å². The molecule has 0 bridgehead atoms. The monoisotopic (exact) mass is 105 g/mol. The molecule has 6 heavy (non-hydrogen) atoms. The van der Waals surface area contributed by atoms with Crippen LogP contribution in [0.15, 0.2) is 11.6 Å². The maximum atomic E-state index is 7.59. The van der Waals surface area contributed by atoms with Crippen LogP contribution in [0.5, 0.6) is 0 Å². The Morgan fingerprint density at radius 1 is 2.00 bits per heavy atom. The Bertz CT molecular complexity index is 54.8. The summed E-state index contributed by atoms with van der Waals surface area (Å²) in [7, 11) is 0. The van der Waals surface area contributed by atoms with Crippen molar-refractivity contribution in [1.29, 1.82) is 0 Å². The highest BCUT2D eigenvalue weighted by atomic mass is 35.5. The minimum absolute atomic E-state index is 0.00154. The van der Waals surface area contributed by atoms with E-state index in [-0.39, 0.29) is 11.6 Å². The van der Waals surface area contributed by atoms with Crippen LogP contribution < -0.4 is 5.90 Å². The van der Waals surface area contributed by atoms with E-state index < -0.39 is 0 Å². The van der Waals surface area contributed by atoms with Crippen molar-refractivity contribution in [2.75, 3.05) is 6.61 Å². The summed E-state index contributed by atoms with van der Waals surface area (Å²) in [5, 5.41) is 0.289. The van der Waals surface area contributed by atoms with Crippen molar-refractivity contribution >= 4 is 11.6 Å². The lowest BCUT2D eigenvalue weighted by molar-refractivity contribution is 0.144. The SMILES string of the molecule is C=C(Cl)CO[N]. The molecule has 0 rings (SSSR count). The highest BCUT2D eigenvalue weighted by molar-refractivity contribution is 6.29. The van der Waals surface area contributed by atoms with Gasteiger partial charge in [-0.1, -0.05) is 18.2 Å². The van der Waals surface area contributed by atoms with Gasteiger partial charge in [0, 0.05) is 10.9 Å². The molecule has 0 aliphatic carbocycles. The number of nitrogens with zero attached hydrogens (tertiary/aromatic N) is 1. The van der Waals surface area contributed by atoms with Gasteiger partial charge in [0.15, 0.2) is 0 Å². The molecule has 0 saturated carbocycles. The Labute approximate surface area is 41.5 Å². The molecule has 0 atom stereocenters. The van der Waals surface area contributed by atoms with Gasteiger partial charge >= 0.3 is 0 Å². The molecule has 0 aromatic carbocycles. The highest BCUT2D eigenvalue weighted by Crippen LogP contribution is 1.92. The zero-order valence-corrected chi connectivity index (χ0v) is 3.90. The quantitative estimate of drug-likeness (QED) is 0.477. The largest absolute Gasteiger partial charge is 0.258 e. The Balaban J connectivity index is 2.83. The van der Waals surface area contributed by atoms with Crippen LogP contribution in [0.2, 0.25) is 0 Å². The average molecular weight is 106 g/mol. The Kier molecular flexibility index (Phi) is 3.13. The van der Waals surface area contributed by atoms with Crippen LogP contribution in [0.25, 0.3) is 0 Å². The highest BCUT2D eigenvalue weighted by Gasteiger charge is 1.81. The van der Waals surface area contributed by atoms with Crippen LogP contribution in [-0.4, -0.2) is 6.61 Å². The minimum atomic E-state index is 0.00154. The van der Waals surface area contributed by atoms with Crippen molar-refractivity contribution in [2.24, 2.45) is 0 Å². The standard InChI is InChI=1S/C3H4ClNO/c1-3(4)2-6-5/h1-2H2. The van der Waals surface area contributed by atoms with Gasteiger partial charge in [0.1, 0.15) is 6.61 Å². The van der Waals surface area contributed by atoms with Crippen LogP contribution in [-0.2, 0) is 4.84 Å². The molecule has 0 spiro atoms. The van der Waals surface area contributed by atoms with E-state index >= 15 is 0 Å². The first-order chi connectivity index (χ1) is 2.77. The van der Waals surface area contributed by atoms with Crippen LogP contribution in [0.3, 0.4) is 0 Å². The Hall–Kier alpha value is -0.0500. The predicted molar refractivity (Wildman–Crippen MR) is 23.1 cm³/mol. The summed E-state index contributed by atoms with van der Waals surface area (Å²) in [5.74, 6) is 7.59. The smallest absolute Gasteiger partial charge is 0.107 e. The third kappa shape index (κ3) is 3.95. The molecule has 0 amide bonds. The van der Waals surface area contributed by atoms with Crippen LogP contribution in [0, 0.1) is 0 Å². The molecule has 0 heterocycles. The first kappa shape index (κ1) is 5.95. The van der Waals surface area contributed by atoms with Crippen molar-refractivity contribution in [3.05, 3.63) is 11.6 Å². The second-order valence-electron chi connectivity index (χ2n) is 0.791.